The van der Waals surface area contributed by atoms with Gasteiger partial charge in [-0.2, -0.15) is 0 Å². The maximum Gasteiger partial charge on any atom is 0.315 e. The summed E-state index contributed by atoms with van der Waals surface area (Å²) in [7, 11) is 0. The number of carbonyl (C=O) groups excluding carboxylic acids is 1. The van der Waals surface area contributed by atoms with Crippen molar-refractivity contribution in [2.75, 3.05) is 0 Å². The van der Waals surface area contributed by atoms with Crippen LogP contribution in [0.3, 0.4) is 0 Å². The average molecular weight is 442 g/mol. The number of esters is 1. The van der Waals surface area contributed by atoms with Crippen molar-refractivity contribution in [3.63, 3.8) is 0 Å². The number of aliphatic hydroxyl groups is 1. The first-order valence-electron chi connectivity index (χ1n) is 11.5. The van der Waals surface area contributed by atoms with E-state index in [0.717, 1.165) is 22.4 Å². The predicted octanol–water partition coefficient (Wildman–Crippen LogP) is 5.58. The van der Waals surface area contributed by atoms with Gasteiger partial charge in [0.05, 0.1) is 22.8 Å². The van der Waals surface area contributed by atoms with Gasteiger partial charge in [-0.3, -0.25) is 9.79 Å². The van der Waals surface area contributed by atoms with Crippen molar-refractivity contribution < 1.29 is 14.6 Å². The molecule has 4 rings (SSSR count). The number of benzene rings is 3. The zero-order valence-corrected chi connectivity index (χ0v) is 19.3. The first-order chi connectivity index (χ1) is 15.9. The highest BCUT2D eigenvalue weighted by molar-refractivity contribution is 6.13. The van der Waals surface area contributed by atoms with Crippen molar-refractivity contribution in [3.8, 4) is 0 Å². The number of aliphatic imine (C=N–C) groups is 1. The molecule has 0 amide bonds. The molecule has 0 heterocycles. The van der Waals surface area contributed by atoms with Crippen molar-refractivity contribution in [1.82, 2.24) is 0 Å². The van der Waals surface area contributed by atoms with Crippen molar-refractivity contribution in [2.24, 2.45) is 10.4 Å². The number of ether oxygens (including phenoxy) is 1. The van der Waals surface area contributed by atoms with E-state index in [1.807, 2.05) is 66.7 Å². The highest BCUT2D eigenvalue weighted by Gasteiger charge is 2.56. The van der Waals surface area contributed by atoms with Gasteiger partial charge >= 0.3 is 5.97 Å². The summed E-state index contributed by atoms with van der Waals surface area (Å²) in [6.07, 6.45) is 1.70. The molecule has 3 aromatic rings. The summed E-state index contributed by atoms with van der Waals surface area (Å²) in [4.78, 5) is 18.5. The van der Waals surface area contributed by atoms with E-state index in [0.29, 0.717) is 19.3 Å². The van der Waals surface area contributed by atoms with Crippen LogP contribution < -0.4 is 0 Å². The lowest BCUT2D eigenvalue weighted by Crippen LogP contribution is -2.49. The number of carbonyl (C=O) groups is 1. The van der Waals surface area contributed by atoms with Crippen molar-refractivity contribution in [1.29, 1.82) is 0 Å². The first kappa shape index (κ1) is 22.9. The van der Waals surface area contributed by atoms with Crippen LogP contribution in [0.15, 0.2) is 96.0 Å². The lowest BCUT2D eigenvalue weighted by Gasteiger charge is -2.38. The highest BCUT2D eigenvalue weighted by atomic mass is 16.5. The number of nitrogens with zero attached hydrogens (tertiary/aromatic N) is 1. The maximum atomic E-state index is 13.3. The van der Waals surface area contributed by atoms with E-state index in [1.165, 1.54) is 0 Å². The summed E-state index contributed by atoms with van der Waals surface area (Å²) < 4.78 is 5.72. The Morgan fingerprint density at radius 2 is 1.45 bits per heavy atom. The molecule has 1 N–H and O–H groups in total. The summed E-state index contributed by atoms with van der Waals surface area (Å²) in [6, 6.07) is 29.8. The standard InChI is InChI=1S/C29H31NO3/c1-28(2,32)29(27(31)33-21-22-12-6-3-7-13-22)19-18-25(20-29)30-26(23-14-8-4-9-15-23)24-16-10-5-11-17-24/h3-17,25,32H,18-21H2,1-2H3. The van der Waals surface area contributed by atoms with Gasteiger partial charge in [0.1, 0.15) is 6.61 Å². The largest absolute Gasteiger partial charge is 0.460 e. The Balaban J connectivity index is 1.60. The van der Waals surface area contributed by atoms with Gasteiger partial charge < -0.3 is 9.84 Å². The van der Waals surface area contributed by atoms with Gasteiger partial charge in [0.2, 0.25) is 0 Å². The fourth-order valence-corrected chi connectivity index (χ4v) is 4.67. The first-order valence-corrected chi connectivity index (χ1v) is 11.5. The summed E-state index contributed by atoms with van der Waals surface area (Å²) in [6.45, 7) is 3.61. The molecule has 4 nitrogen and oxygen atoms in total. The Morgan fingerprint density at radius 3 is 1.97 bits per heavy atom. The molecular weight excluding hydrogens is 410 g/mol. The Hall–Kier alpha value is -3.24. The minimum absolute atomic E-state index is 0.0869. The molecule has 0 bridgehead atoms. The number of rotatable bonds is 7. The molecule has 1 fully saturated rings. The summed E-state index contributed by atoms with van der Waals surface area (Å²) in [5.41, 5.74) is 1.71. The highest BCUT2D eigenvalue weighted by Crippen LogP contribution is 2.49. The second kappa shape index (κ2) is 9.72. The molecule has 0 aromatic heterocycles. The van der Waals surface area contributed by atoms with Crippen molar-refractivity contribution in [2.45, 2.75) is 51.4 Å². The maximum absolute atomic E-state index is 13.3. The van der Waals surface area contributed by atoms with Crippen LogP contribution >= 0.6 is 0 Å². The van der Waals surface area contributed by atoms with Crippen LogP contribution in [0.5, 0.6) is 0 Å². The second-order valence-electron chi connectivity index (χ2n) is 9.31. The fraction of sp³-hybridized carbons (Fsp3) is 0.310. The topological polar surface area (TPSA) is 58.9 Å². The molecule has 0 saturated heterocycles. The predicted molar refractivity (Wildman–Crippen MR) is 131 cm³/mol. The van der Waals surface area contributed by atoms with E-state index in [4.69, 9.17) is 9.73 Å². The molecule has 1 saturated carbocycles. The molecule has 0 spiro atoms. The van der Waals surface area contributed by atoms with Gasteiger partial charge in [0, 0.05) is 11.1 Å². The molecule has 1 aliphatic rings. The quantitative estimate of drug-likeness (QED) is 0.385. The molecule has 170 valence electrons. The SMILES string of the molecule is CC(C)(O)C1(C(=O)OCc2ccccc2)CCC(N=C(c2ccccc2)c2ccccc2)C1. The van der Waals surface area contributed by atoms with Crippen LogP contribution in [0.4, 0.5) is 0 Å². The van der Waals surface area contributed by atoms with Crippen LogP contribution in [0.1, 0.15) is 49.8 Å². The second-order valence-corrected chi connectivity index (χ2v) is 9.31. The van der Waals surface area contributed by atoms with E-state index < -0.39 is 11.0 Å². The summed E-state index contributed by atoms with van der Waals surface area (Å²) in [5.74, 6) is -0.350. The smallest absolute Gasteiger partial charge is 0.315 e. The van der Waals surface area contributed by atoms with Crippen LogP contribution in [-0.4, -0.2) is 28.4 Å². The van der Waals surface area contributed by atoms with Gasteiger partial charge in [-0.25, -0.2) is 0 Å². The molecular formula is C29H31NO3. The monoisotopic (exact) mass is 441 g/mol. The van der Waals surface area contributed by atoms with Gasteiger partial charge in [-0.05, 0) is 38.7 Å². The van der Waals surface area contributed by atoms with E-state index in [1.54, 1.807) is 13.8 Å². The van der Waals surface area contributed by atoms with Gasteiger partial charge in [-0.15, -0.1) is 0 Å². The van der Waals surface area contributed by atoms with Gasteiger partial charge in [0.15, 0.2) is 0 Å². The third-order valence-electron chi connectivity index (χ3n) is 6.67. The lowest BCUT2D eigenvalue weighted by atomic mass is 9.72. The number of hydrogen-bond acceptors (Lipinski definition) is 4. The molecule has 0 radical (unpaired) electrons. The Labute approximate surface area is 196 Å². The van der Waals surface area contributed by atoms with Gasteiger partial charge in [-0.1, -0.05) is 91.0 Å². The molecule has 2 unspecified atom stereocenters. The minimum Gasteiger partial charge on any atom is -0.460 e. The molecule has 33 heavy (non-hydrogen) atoms. The van der Waals surface area contributed by atoms with E-state index >= 15 is 0 Å². The van der Waals surface area contributed by atoms with Crippen LogP contribution in [0.2, 0.25) is 0 Å². The van der Waals surface area contributed by atoms with Crippen molar-refractivity contribution in [3.05, 3.63) is 108 Å². The lowest BCUT2D eigenvalue weighted by molar-refractivity contribution is -0.173. The zero-order valence-electron chi connectivity index (χ0n) is 19.3. The van der Waals surface area contributed by atoms with Crippen LogP contribution in [-0.2, 0) is 16.1 Å². The third kappa shape index (κ3) is 5.07. The van der Waals surface area contributed by atoms with E-state index in [9.17, 15) is 9.90 Å². The van der Waals surface area contributed by atoms with E-state index in [2.05, 4.69) is 24.3 Å². The van der Waals surface area contributed by atoms with Crippen LogP contribution in [0, 0.1) is 5.41 Å². The molecule has 3 aromatic carbocycles. The molecule has 4 heteroatoms. The number of hydrogen-bond donors (Lipinski definition) is 1. The molecule has 0 aliphatic heterocycles. The summed E-state index contributed by atoms with van der Waals surface area (Å²) >= 11 is 0. The Kier molecular flexibility index (Phi) is 6.75. The average Bonchev–Trinajstić information content (AvgIpc) is 3.28. The van der Waals surface area contributed by atoms with Crippen molar-refractivity contribution >= 4 is 11.7 Å². The minimum atomic E-state index is -1.22. The Bertz CT molecular complexity index is 1050. The van der Waals surface area contributed by atoms with Gasteiger partial charge in [0.25, 0.3) is 0 Å². The normalized spacial score (nSPS) is 20.3. The van der Waals surface area contributed by atoms with E-state index in [-0.39, 0.29) is 18.6 Å². The molecule has 2 atom stereocenters. The fourth-order valence-electron chi connectivity index (χ4n) is 4.67. The van der Waals surface area contributed by atoms with Crippen LogP contribution in [0.25, 0.3) is 0 Å². The summed E-state index contributed by atoms with van der Waals surface area (Å²) in [5, 5.41) is 11.1. The zero-order chi connectivity index (χ0) is 23.3. The Morgan fingerprint density at radius 1 is 0.939 bits per heavy atom. The third-order valence-corrected chi connectivity index (χ3v) is 6.67. The molecule has 1 aliphatic carbocycles.